The number of aromatic nitrogens is 3. The van der Waals surface area contributed by atoms with Crippen LogP contribution in [0, 0.1) is 0 Å². The first kappa shape index (κ1) is 19.3. The number of benzene rings is 2. The third-order valence-electron chi connectivity index (χ3n) is 4.49. The number of rotatable bonds is 7. The third-order valence-corrected chi connectivity index (χ3v) is 4.49. The van der Waals surface area contributed by atoms with Crippen LogP contribution < -0.4 is 14.8 Å². The molecule has 2 aromatic heterocycles. The lowest BCUT2D eigenvalue weighted by atomic mass is 10.2. The van der Waals surface area contributed by atoms with E-state index in [1.165, 1.54) is 0 Å². The molecule has 0 atom stereocenters. The number of nitrogens with zero attached hydrogens (tertiary/aromatic N) is 3. The lowest BCUT2D eigenvalue weighted by Crippen LogP contribution is -2.18. The van der Waals surface area contributed by atoms with Crippen LogP contribution in [0.15, 0.2) is 71.4 Å². The number of hydrogen-bond donors (Lipinski definition) is 1. The Morgan fingerprint density at radius 1 is 1.03 bits per heavy atom. The lowest BCUT2D eigenvalue weighted by Gasteiger charge is -2.11. The minimum absolute atomic E-state index is 0.0831. The molecule has 1 N–H and O–H groups in total. The zero-order valence-electron chi connectivity index (χ0n) is 16.5. The topological polar surface area (TPSA) is 91.4 Å². The number of nitrogens with one attached hydrogen (secondary N) is 1. The van der Waals surface area contributed by atoms with Gasteiger partial charge < -0.3 is 23.9 Å². The molecule has 0 saturated carbocycles. The number of carbonyl (C=O) groups excluding carboxylic acids is 1. The summed E-state index contributed by atoms with van der Waals surface area (Å²) in [4.78, 5) is 17.0. The summed E-state index contributed by atoms with van der Waals surface area (Å²) in [7, 11) is 3.11. The monoisotopic (exact) mass is 404 g/mol. The molecule has 4 aromatic rings. The average Bonchev–Trinajstić information content (AvgIpc) is 3.43. The van der Waals surface area contributed by atoms with Crippen LogP contribution in [-0.4, -0.2) is 34.8 Å². The van der Waals surface area contributed by atoms with Gasteiger partial charge in [0.25, 0.3) is 5.89 Å². The molecule has 2 heterocycles. The van der Waals surface area contributed by atoms with E-state index in [-0.39, 0.29) is 12.5 Å². The van der Waals surface area contributed by atoms with Gasteiger partial charge >= 0.3 is 0 Å². The van der Waals surface area contributed by atoms with Crippen LogP contribution in [-0.2, 0) is 11.3 Å². The van der Waals surface area contributed by atoms with Crippen LogP contribution in [0.4, 0.5) is 5.69 Å². The second kappa shape index (κ2) is 8.52. The zero-order chi connectivity index (χ0) is 20.9. The Morgan fingerprint density at radius 2 is 1.83 bits per heavy atom. The molecule has 0 aliphatic carbocycles. The van der Waals surface area contributed by atoms with E-state index in [1.807, 2.05) is 42.5 Å². The number of methoxy groups -OCH3 is 2. The summed E-state index contributed by atoms with van der Waals surface area (Å²) in [5.74, 6) is 1.76. The zero-order valence-corrected chi connectivity index (χ0v) is 16.5. The summed E-state index contributed by atoms with van der Waals surface area (Å²) in [5, 5.41) is 6.89. The van der Waals surface area contributed by atoms with E-state index in [9.17, 15) is 4.79 Å². The molecule has 8 nitrogen and oxygen atoms in total. The fourth-order valence-electron chi connectivity index (χ4n) is 3.05. The van der Waals surface area contributed by atoms with Gasteiger partial charge in [-0.3, -0.25) is 4.79 Å². The van der Waals surface area contributed by atoms with Crippen molar-refractivity contribution in [3.05, 3.63) is 66.9 Å². The van der Waals surface area contributed by atoms with E-state index in [2.05, 4.69) is 15.5 Å². The Bertz CT molecular complexity index is 1150. The predicted molar refractivity (Wildman–Crippen MR) is 111 cm³/mol. The van der Waals surface area contributed by atoms with Crippen molar-refractivity contribution in [1.82, 2.24) is 14.7 Å². The highest BCUT2D eigenvalue weighted by molar-refractivity contribution is 5.91. The van der Waals surface area contributed by atoms with Crippen molar-refractivity contribution in [1.29, 1.82) is 0 Å². The van der Waals surface area contributed by atoms with Crippen LogP contribution >= 0.6 is 0 Å². The maximum Gasteiger partial charge on any atom is 0.274 e. The summed E-state index contributed by atoms with van der Waals surface area (Å²) >= 11 is 0. The van der Waals surface area contributed by atoms with Gasteiger partial charge in [-0.15, -0.1) is 0 Å². The van der Waals surface area contributed by atoms with Gasteiger partial charge in [-0.1, -0.05) is 35.5 Å². The van der Waals surface area contributed by atoms with Crippen molar-refractivity contribution < 1.29 is 18.8 Å². The van der Waals surface area contributed by atoms with Gasteiger partial charge in [0.15, 0.2) is 11.5 Å². The number of ether oxygens (including phenoxy) is 2. The quantitative estimate of drug-likeness (QED) is 0.503. The van der Waals surface area contributed by atoms with Crippen molar-refractivity contribution in [3.8, 4) is 34.5 Å². The van der Waals surface area contributed by atoms with E-state index in [0.717, 1.165) is 5.56 Å². The second-order valence-electron chi connectivity index (χ2n) is 6.43. The Balaban J connectivity index is 1.49. The highest BCUT2D eigenvalue weighted by Crippen LogP contribution is 2.30. The van der Waals surface area contributed by atoms with Crippen LogP contribution in [0.2, 0.25) is 0 Å². The molecule has 0 spiro atoms. The molecule has 0 radical (unpaired) electrons. The molecule has 0 aliphatic heterocycles. The predicted octanol–water partition coefficient (Wildman–Crippen LogP) is 3.86. The van der Waals surface area contributed by atoms with E-state index in [1.54, 1.807) is 43.2 Å². The van der Waals surface area contributed by atoms with Crippen molar-refractivity contribution in [2.24, 2.45) is 0 Å². The molecule has 2 aromatic carbocycles. The highest BCUT2D eigenvalue weighted by atomic mass is 16.5. The van der Waals surface area contributed by atoms with Gasteiger partial charge in [0.2, 0.25) is 11.7 Å². The molecule has 0 aliphatic rings. The number of anilines is 1. The maximum atomic E-state index is 12.6. The Labute approximate surface area is 173 Å². The SMILES string of the molecule is COc1ccc(NC(=O)Cn2cccc2-c2nc(-c3ccccc3)no2)cc1OC. The first-order valence-electron chi connectivity index (χ1n) is 9.24. The first-order valence-corrected chi connectivity index (χ1v) is 9.24. The molecule has 1 amide bonds. The number of hydrogen-bond acceptors (Lipinski definition) is 6. The van der Waals surface area contributed by atoms with Crippen molar-refractivity contribution in [2.45, 2.75) is 6.54 Å². The molecule has 30 heavy (non-hydrogen) atoms. The van der Waals surface area contributed by atoms with E-state index in [4.69, 9.17) is 14.0 Å². The fourth-order valence-corrected chi connectivity index (χ4v) is 3.05. The number of carbonyl (C=O) groups is 1. The highest BCUT2D eigenvalue weighted by Gasteiger charge is 2.16. The molecular formula is C22H20N4O4. The molecule has 0 fully saturated rings. The summed E-state index contributed by atoms with van der Waals surface area (Å²) in [5.41, 5.74) is 2.12. The van der Waals surface area contributed by atoms with Gasteiger partial charge in [0, 0.05) is 23.5 Å². The van der Waals surface area contributed by atoms with Crippen molar-refractivity contribution in [2.75, 3.05) is 19.5 Å². The average molecular weight is 404 g/mol. The fraction of sp³-hybridized carbons (Fsp3) is 0.136. The molecule has 8 heteroatoms. The van der Waals surface area contributed by atoms with Crippen LogP contribution in [0.5, 0.6) is 11.5 Å². The maximum absolute atomic E-state index is 12.6. The normalized spacial score (nSPS) is 10.6. The smallest absolute Gasteiger partial charge is 0.274 e. The van der Waals surface area contributed by atoms with Gasteiger partial charge in [0.05, 0.1) is 14.2 Å². The van der Waals surface area contributed by atoms with Gasteiger partial charge in [0.1, 0.15) is 12.2 Å². The minimum atomic E-state index is -0.206. The lowest BCUT2D eigenvalue weighted by molar-refractivity contribution is -0.116. The Kier molecular flexibility index (Phi) is 5.47. The summed E-state index contributed by atoms with van der Waals surface area (Å²) in [6, 6.07) is 18.4. The second-order valence-corrected chi connectivity index (χ2v) is 6.43. The molecule has 0 bridgehead atoms. The molecule has 152 valence electrons. The Hall–Kier alpha value is -4.07. The molecule has 0 unspecified atom stereocenters. The van der Waals surface area contributed by atoms with E-state index < -0.39 is 0 Å². The van der Waals surface area contributed by atoms with Crippen molar-refractivity contribution >= 4 is 11.6 Å². The van der Waals surface area contributed by atoms with Gasteiger partial charge in [-0.2, -0.15) is 4.98 Å². The standard InChI is InChI=1S/C22H20N4O4/c1-28-18-11-10-16(13-19(18)29-2)23-20(27)14-26-12-6-9-17(26)22-24-21(25-30-22)15-7-4-3-5-8-15/h3-13H,14H2,1-2H3,(H,23,27). The van der Waals surface area contributed by atoms with E-state index in [0.29, 0.717) is 34.6 Å². The third kappa shape index (κ3) is 4.02. The largest absolute Gasteiger partial charge is 0.493 e. The number of amides is 1. The molecule has 4 rings (SSSR count). The molecule has 0 saturated heterocycles. The van der Waals surface area contributed by atoms with Gasteiger partial charge in [-0.25, -0.2) is 0 Å². The van der Waals surface area contributed by atoms with Crippen LogP contribution in [0.1, 0.15) is 0 Å². The van der Waals surface area contributed by atoms with Crippen LogP contribution in [0.25, 0.3) is 23.0 Å². The van der Waals surface area contributed by atoms with Crippen molar-refractivity contribution in [3.63, 3.8) is 0 Å². The first-order chi connectivity index (χ1) is 14.7. The summed E-state index contributed by atoms with van der Waals surface area (Å²) < 4.78 is 17.7. The summed E-state index contributed by atoms with van der Waals surface area (Å²) in [6.07, 6.45) is 1.79. The van der Waals surface area contributed by atoms with Crippen LogP contribution in [0.3, 0.4) is 0 Å². The summed E-state index contributed by atoms with van der Waals surface area (Å²) in [6.45, 7) is 0.0831. The minimum Gasteiger partial charge on any atom is -0.493 e. The molecular weight excluding hydrogens is 384 g/mol. The van der Waals surface area contributed by atoms with Gasteiger partial charge in [-0.05, 0) is 24.3 Å². The Morgan fingerprint density at radius 3 is 2.60 bits per heavy atom. The van der Waals surface area contributed by atoms with E-state index >= 15 is 0 Å².